The standard InChI is InChI=1S/C11H8BrF2N3O/c12-11-15-10-8(18)4-7(17(10)16-11)5-2-1-3-6(13)9(5)14/h1-3,7-8,18H,4H2. The summed E-state index contributed by atoms with van der Waals surface area (Å²) in [4.78, 5) is 4.00. The summed E-state index contributed by atoms with van der Waals surface area (Å²) >= 11 is 3.10. The number of nitrogens with zero attached hydrogens (tertiary/aromatic N) is 3. The molecule has 0 aliphatic carbocycles. The van der Waals surface area contributed by atoms with Crippen molar-refractivity contribution in [3.8, 4) is 0 Å². The van der Waals surface area contributed by atoms with Crippen molar-refractivity contribution in [2.45, 2.75) is 18.6 Å². The van der Waals surface area contributed by atoms with E-state index < -0.39 is 23.8 Å². The van der Waals surface area contributed by atoms with Gasteiger partial charge in [-0.1, -0.05) is 12.1 Å². The minimum absolute atomic E-state index is 0.171. The molecule has 2 unspecified atom stereocenters. The second kappa shape index (κ2) is 4.10. The summed E-state index contributed by atoms with van der Waals surface area (Å²) in [5, 5.41) is 13.9. The van der Waals surface area contributed by atoms with E-state index >= 15 is 0 Å². The average Bonchev–Trinajstić information content (AvgIpc) is 2.83. The lowest BCUT2D eigenvalue weighted by Gasteiger charge is -2.12. The second-order valence-corrected chi connectivity index (χ2v) is 4.80. The summed E-state index contributed by atoms with van der Waals surface area (Å²) in [6, 6.07) is 3.44. The van der Waals surface area contributed by atoms with E-state index in [1.807, 2.05) is 0 Å². The lowest BCUT2D eigenvalue weighted by molar-refractivity contribution is 0.171. The van der Waals surface area contributed by atoms with Crippen molar-refractivity contribution in [2.24, 2.45) is 0 Å². The summed E-state index contributed by atoms with van der Waals surface area (Å²) in [6.07, 6.45) is -0.584. The van der Waals surface area contributed by atoms with Gasteiger partial charge in [0.2, 0.25) is 4.73 Å². The molecule has 0 bridgehead atoms. The monoisotopic (exact) mass is 315 g/mol. The first-order chi connectivity index (χ1) is 8.58. The predicted molar refractivity (Wildman–Crippen MR) is 61.8 cm³/mol. The van der Waals surface area contributed by atoms with Crippen LogP contribution in [0.15, 0.2) is 22.9 Å². The van der Waals surface area contributed by atoms with Crippen LogP contribution >= 0.6 is 15.9 Å². The molecule has 1 aromatic heterocycles. The van der Waals surface area contributed by atoms with Gasteiger partial charge in [0.05, 0.1) is 6.04 Å². The zero-order chi connectivity index (χ0) is 12.9. The number of aromatic nitrogens is 3. The molecule has 2 atom stereocenters. The zero-order valence-electron chi connectivity index (χ0n) is 9.02. The maximum absolute atomic E-state index is 13.8. The Labute approximate surface area is 109 Å². The molecule has 2 heterocycles. The SMILES string of the molecule is OC1CC(c2cccc(F)c2F)n2nc(Br)nc21. The Morgan fingerprint density at radius 1 is 1.39 bits per heavy atom. The van der Waals surface area contributed by atoms with Crippen LogP contribution in [0.25, 0.3) is 0 Å². The minimum Gasteiger partial charge on any atom is -0.385 e. The summed E-state index contributed by atoms with van der Waals surface area (Å²) in [6.45, 7) is 0. The van der Waals surface area contributed by atoms with Crippen LogP contribution in [0.1, 0.15) is 30.0 Å². The Kier molecular flexibility index (Phi) is 2.67. The third-order valence-electron chi connectivity index (χ3n) is 3.01. The number of rotatable bonds is 1. The van der Waals surface area contributed by atoms with Crippen molar-refractivity contribution in [1.29, 1.82) is 0 Å². The number of fused-ring (bicyclic) bond motifs is 1. The third-order valence-corrected chi connectivity index (χ3v) is 3.35. The van der Waals surface area contributed by atoms with Crippen LogP contribution in [0.3, 0.4) is 0 Å². The van der Waals surface area contributed by atoms with Crippen molar-refractivity contribution in [3.63, 3.8) is 0 Å². The molecule has 1 aliphatic heterocycles. The van der Waals surface area contributed by atoms with Gasteiger partial charge in [0.1, 0.15) is 6.10 Å². The zero-order valence-corrected chi connectivity index (χ0v) is 10.6. The van der Waals surface area contributed by atoms with Gasteiger partial charge in [-0.2, -0.15) is 0 Å². The number of hydrogen-bond acceptors (Lipinski definition) is 3. The lowest BCUT2D eigenvalue weighted by atomic mass is 10.0. The van der Waals surface area contributed by atoms with Gasteiger partial charge in [-0.3, -0.25) is 0 Å². The van der Waals surface area contributed by atoms with Gasteiger partial charge in [0.15, 0.2) is 17.5 Å². The van der Waals surface area contributed by atoms with Crippen molar-refractivity contribution in [1.82, 2.24) is 14.8 Å². The van der Waals surface area contributed by atoms with Crippen LogP contribution in [0.5, 0.6) is 0 Å². The first kappa shape index (κ1) is 11.7. The normalized spacial score (nSPS) is 22.2. The van der Waals surface area contributed by atoms with Crippen LogP contribution in [0, 0.1) is 11.6 Å². The molecule has 0 radical (unpaired) electrons. The fraction of sp³-hybridized carbons (Fsp3) is 0.273. The van der Waals surface area contributed by atoms with Crippen molar-refractivity contribution in [3.05, 3.63) is 46.0 Å². The maximum Gasteiger partial charge on any atom is 0.217 e. The van der Waals surface area contributed by atoms with E-state index in [1.54, 1.807) is 0 Å². The molecule has 0 saturated carbocycles. The van der Waals surface area contributed by atoms with E-state index in [4.69, 9.17) is 0 Å². The lowest BCUT2D eigenvalue weighted by Crippen LogP contribution is -2.10. The summed E-state index contributed by atoms with van der Waals surface area (Å²) in [7, 11) is 0. The Hall–Kier alpha value is -1.34. The minimum atomic E-state index is -0.908. The third kappa shape index (κ3) is 1.65. The quantitative estimate of drug-likeness (QED) is 0.879. The molecule has 94 valence electrons. The van der Waals surface area contributed by atoms with Crippen LogP contribution in [-0.4, -0.2) is 19.9 Å². The molecule has 0 fully saturated rings. The van der Waals surface area contributed by atoms with Crippen molar-refractivity contribution < 1.29 is 13.9 Å². The van der Waals surface area contributed by atoms with E-state index in [9.17, 15) is 13.9 Å². The van der Waals surface area contributed by atoms with E-state index in [2.05, 4.69) is 26.0 Å². The van der Waals surface area contributed by atoms with Gasteiger partial charge >= 0.3 is 0 Å². The van der Waals surface area contributed by atoms with Gasteiger partial charge in [-0.05, 0) is 22.0 Å². The molecule has 2 aromatic rings. The van der Waals surface area contributed by atoms with E-state index in [0.717, 1.165) is 6.07 Å². The fourth-order valence-corrected chi connectivity index (χ4v) is 2.57. The highest BCUT2D eigenvalue weighted by Crippen LogP contribution is 2.38. The maximum atomic E-state index is 13.8. The summed E-state index contributed by atoms with van der Waals surface area (Å²) < 4.78 is 28.7. The number of benzene rings is 1. The largest absolute Gasteiger partial charge is 0.385 e. The first-order valence-electron chi connectivity index (χ1n) is 5.32. The Morgan fingerprint density at radius 3 is 2.94 bits per heavy atom. The van der Waals surface area contributed by atoms with Crippen molar-refractivity contribution in [2.75, 3.05) is 0 Å². The van der Waals surface area contributed by atoms with Gasteiger partial charge in [0.25, 0.3) is 0 Å². The molecule has 1 aliphatic rings. The molecule has 0 spiro atoms. The van der Waals surface area contributed by atoms with Crippen molar-refractivity contribution >= 4 is 15.9 Å². The van der Waals surface area contributed by atoms with E-state index in [-0.39, 0.29) is 12.0 Å². The molecule has 7 heteroatoms. The number of aliphatic hydroxyl groups is 1. The smallest absolute Gasteiger partial charge is 0.217 e. The van der Waals surface area contributed by atoms with Crippen LogP contribution in [0.4, 0.5) is 8.78 Å². The Morgan fingerprint density at radius 2 is 2.17 bits per heavy atom. The number of aliphatic hydroxyl groups excluding tert-OH is 1. The Balaban J connectivity index is 2.11. The molecule has 4 nitrogen and oxygen atoms in total. The molecule has 18 heavy (non-hydrogen) atoms. The predicted octanol–water partition coefficient (Wildman–Crippen LogP) is 2.35. The fourth-order valence-electron chi connectivity index (χ4n) is 2.22. The van der Waals surface area contributed by atoms with Crippen LogP contribution in [0.2, 0.25) is 0 Å². The molecular weight excluding hydrogens is 308 g/mol. The van der Waals surface area contributed by atoms with Gasteiger partial charge < -0.3 is 5.11 Å². The molecule has 1 aromatic carbocycles. The topological polar surface area (TPSA) is 50.9 Å². The van der Waals surface area contributed by atoms with Gasteiger partial charge in [-0.15, -0.1) is 5.10 Å². The molecule has 0 amide bonds. The first-order valence-corrected chi connectivity index (χ1v) is 6.11. The highest BCUT2D eigenvalue weighted by Gasteiger charge is 2.35. The van der Waals surface area contributed by atoms with E-state index in [0.29, 0.717) is 10.6 Å². The number of halogens is 3. The van der Waals surface area contributed by atoms with E-state index in [1.165, 1.54) is 16.8 Å². The molecule has 1 N–H and O–H groups in total. The number of hydrogen-bond donors (Lipinski definition) is 1. The summed E-state index contributed by atoms with van der Waals surface area (Å²) in [5.41, 5.74) is 0.171. The summed E-state index contributed by atoms with van der Waals surface area (Å²) in [5.74, 6) is -1.46. The van der Waals surface area contributed by atoms with Gasteiger partial charge in [0, 0.05) is 12.0 Å². The van der Waals surface area contributed by atoms with Crippen LogP contribution in [-0.2, 0) is 0 Å². The molecular formula is C11H8BrF2N3O. The highest BCUT2D eigenvalue weighted by atomic mass is 79.9. The average molecular weight is 316 g/mol. The molecule has 3 rings (SSSR count). The Bertz CT molecular complexity index is 616. The molecule has 0 saturated heterocycles. The van der Waals surface area contributed by atoms with Gasteiger partial charge in [-0.25, -0.2) is 18.4 Å². The highest BCUT2D eigenvalue weighted by molar-refractivity contribution is 9.10. The second-order valence-electron chi connectivity index (χ2n) is 4.09. The van der Waals surface area contributed by atoms with Crippen LogP contribution < -0.4 is 0 Å².